The zero-order chi connectivity index (χ0) is 28.4. The van der Waals surface area contributed by atoms with E-state index in [2.05, 4.69) is 22.5 Å². The van der Waals surface area contributed by atoms with Gasteiger partial charge in [0, 0.05) is 35.4 Å². The maximum atomic E-state index is 12.5. The summed E-state index contributed by atoms with van der Waals surface area (Å²) in [4.78, 5) is 29.0. The molecular weight excluding hydrogens is 514 g/mol. The number of hydrogen-bond acceptors (Lipinski definition) is 8. The third kappa shape index (κ3) is 7.77. The quantitative estimate of drug-likeness (QED) is 0.221. The van der Waals surface area contributed by atoms with E-state index in [9.17, 15) is 9.59 Å². The van der Waals surface area contributed by atoms with Crippen molar-refractivity contribution in [1.29, 1.82) is 0 Å². The number of primary amides is 1. The smallest absolute Gasteiger partial charge is 0.237 e. The summed E-state index contributed by atoms with van der Waals surface area (Å²) in [6, 6.07) is 9.10. The molecule has 6 N–H and O–H groups in total. The number of amides is 2. The standard InChI is InChI=1S/C29H39N5O4S/c1-5-20-18(16-33-29(36)22(30)11-12-39-4)9-8-10-23(20)34-28-19(13-27(31)35)17-32-24-15-26(38-7-3)25(37-6-2)14-21(24)28/h8-10,14-15,17,22H,5-7,11-13,16,30H2,1-4H3,(H2,31,35)(H,32,34)(H,33,36)/t22-/m0/s1. The lowest BCUT2D eigenvalue weighted by molar-refractivity contribution is -0.122. The Bertz CT molecular complexity index is 1300. The van der Waals surface area contributed by atoms with Crippen molar-refractivity contribution < 1.29 is 19.1 Å². The van der Waals surface area contributed by atoms with Gasteiger partial charge in [0.2, 0.25) is 11.8 Å². The van der Waals surface area contributed by atoms with Gasteiger partial charge in [0.05, 0.1) is 36.9 Å². The first-order valence-electron chi connectivity index (χ1n) is 13.2. The zero-order valence-corrected chi connectivity index (χ0v) is 24.0. The molecule has 3 rings (SSSR count). The minimum Gasteiger partial charge on any atom is -0.490 e. The highest BCUT2D eigenvalue weighted by Gasteiger charge is 2.18. The fourth-order valence-corrected chi connectivity index (χ4v) is 4.90. The Morgan fingerprint density at radius 2 is 1.79 bits per heavy atom. The van der Waals surface area contributed by atoms with Crippen molar-refractivity contribution in [3.05, 3.63) is 53.2 Å². The number of benzene rings is 2. The number of hydrogen-bond donors (Lipinski definition) is 4. The van der Waals surface area contributed by atoms with Gasteiger partial charge in [-0.15, -0.1) is 0 Å². The Morgan fingerprint density at radius 1 is 1.08 bits per heavy atom. The summed E-state index contributed by atoms with van der Waals surface area (Å²) in [6.07, 6.45) is 5.03. The number of thioether (sulfide) groups is 1. The Morgan fingerprint density at radius 3 is 2.44 bits per heavy atom. The number of nitrogens with zero attached hydrogens (tertiary/aromatic N) is 1. The number of rotatable bonds is 15. The minimum absolute atomic E-state index is 0.0214. The van der Waals surface area contributed by atoms with Gasteiger partial charge < -0.3 is 31.6 Å². The van der Waals surface area contributed by atoms with Gasteiger partial charge in [0.15, 0.2) is 11.5 Å². The van der Waals surface area contributed by atoms with Crippen molar-refractivity contribution in [2.45, 2.75) is 52.6 Å². The predicted molar refractivity (Wildman–Crippen MR) is 159 cm³/mol. The van der Waals surface area contributed by atoms with Gasteiger partial charge in [-0.05, 0) is 62.0 Å². The van der Waals surface area contributed by atoms with E-state index in [1.807, 2.05) is 50.4 Å². The van der Waals surface area contributed by atoms with Gasteiger partial charge in [0.1, 0.15) is 0 Å². The number of carbonyl (C=O) groups excluding carboxylic acids is 2. The Kier molecular flexibility index (Phi) is 11.2. The first-order chi connectivity index (χ1) is 18.8. The molecule has 1 atom stereocenters. The van der Waals surface area contributed by atoms with Crippen LogP contribution in [-0.4, -0.2) is 48.1 Å². The van der Waals surface area contributed by atoms with E-state index in [4.69, 9.17) is 20.9 Å². The van der Waals surface area contributed by atoms with E-state index in [1.165, 1.54) is 0 Å². The molecule has 0 unspecified atom stereocenters. The Hall–Kier alpha value is -3.50. The van der Waals surface area contributed by atoms with E-state index < -0.39 is 11.9 Å². The summed E-state index contributed by atoms with van der Waals surface area (Å²) in [6.45, 7) is 7.21. The molecule has 1 aromatic heterocycles. The molecule has 1 heterocycles. The highest BCUT2D eigenvalue weighted by Crippen LogP contribution is 2.38. The first kappa shape index (κ1) is 30.0. The van der Waals surface area contributed by atoms with Crippen LogP contribution in [0, 0.1) is 0 Å². The number of nitrogens with two attached hydrogens (primary N) is 2. The number of fused-ring (bicyclic) bond motifs is 1. The van der Waals surface area contributed by atoms with Crippen molar-refractivity contribution >= 4 is 45.9 Å². The van der Waals surface area contributed by atoms with Crippen LogP contribution in [0.5, 0.6) is 11.5 Å². The molecule has 0 aliphatic rings. The number of ether oxygens (including phenoxy) is 2. The molecule has 0 bridgehead atoms. The highest BCUT2D eigenvalue weighted by molar-refractivity contribution is 7.98. The molecule has 2 amide bonds. The molecule has 0 fully saturated rings. The summed E-state index contributed by atoms with van der Waals surface area (Å²) in [5.41, 5.74) is 16.6. The largest absolute Gasteiger partial charge is 0.490 e. The molecule has 0 radical (unpaired) electrons. The Labute approximate surface area is 234 Å². The SMILES string of the molecule is CCOc1cc2ncc(CC(N)=O)c(Nc3cccc(CNC(=O)[C@@H](N)CCSC)c3CC)c2cc1OCC. The first-order valence-corrected chi connectivity index (χ1v) is 14.6. The summed E-state index contributed by atoms with van der Waals surface area (Å²) < 4.78 is 11.6. The van der Waals surface area contributed by atoms with Crippen LogP contribution in [-0.2, 0) is 29.0 Å². The van der Waals surface area contributed by atoms with Crippen molar-refractivity contribution in [2.24, 2.45) is 11.5 Å². The van der Waals surface area contributed by atoms with Gasteiger partial charge in [-0.2, -0.15) is 11.8 Å². The molecule has 0 saturated carbocycles. The van der Waals surface area contributed by atoms with Crippen LogP contribution >= 0.6 is 11.8 Å². The van der Waals surface area contributed by atoms with Gasteiger partial charge in [-0.3, -0.25) is 14.6 Å². The van der Waals surface area contributed by atoms with E-state index in [1.54, 1.807) is 18.0 Å². The van der Waals surface area contributed by atoms with Crippen LogP contribution in [0.25, 0.3) is 10.9 Å². The lowest BCUT2D eigenvalue weighted by Gasteiger charge is -2.20. The van der Waals surface area contributed by atoms with Crippen LogP contribution in [0.4, 0.5) is 11.4 Å². The van der Waals surface area contributed by atoms with E-state index in [0.29, 0.717) is 48.8 Å². The molecule has 0 aliphatic carbocycles. The number of anilines is 2. The molecule has 10 heteroatoms. The van der Waals surface area contributed by atoms with Crippen molar-refractivity contribution in [1.82, 2.24) is 10.3 Å². The van der Waals surface area contributed by atoms with Crippen LogP contribution in [0.15, 0.2) is 36.5 Å². The average molecular weight is 554 g/mol. The second kappa shape index (κ2) is 14.6. The van der Waals surface area contributed by atoms with E-state index >= 15 is 0 Å². The minimum atomic E-state index is -0.538. The maximum absolute atomic E-state index is 12.5. The monoisotopic (exact) mass is 553 g/mol. The zero-order valence-electron chi connectivity index (χ0n) is 23.1. The van der Waals surface area contributed by atoms with Crippen molar-refractivity contribution in [3.8, 4) is 11.5 Å². The number of pyridine rings is 1. The molecule has 9 nitrogen and oxygen atoms in total. The molecule has 0 aliphatic heterocycles. The molecule has 0 spiro atoms. The van der Waals surface area contributed by atoms with Crippen LogP contribution in [0.3, 0.4) is 0 Å². The summed E-state index contributed by atoms with van der Waals surface area (Å²) in [7, 11) is 0. The second-order valence-corrected chi connectivity index (χ2v) is 10.00. The molecule has 39 heavy (non-hydrogen) atoms. The predicted octanol–water partition coefficient (Wildman–Crippen LogP) is 4.06. The van der Waals surface area contributed by atoms with Crippen LogP contribution in [0.2, 0.25) is 0 Å². The van der Waals surface area contributed by atoms with Crippen molar-refractivity contribution in [3.63, 3.8) is 0 Å². The third-order valence-corrected chi connectivity index (χ3v) is 6.93. The molecule has 0 saturated heterocycles. The topological polar surface area (TPSA) is 142 Å². The molecule has 2 aromatic carbocycles. The second-order valence-electron chi connectivity index (χ2n) is 9.01. The number of nitrogens with one attached hydrogen (secondary N) is 2. The summed E-state index contributed by atoms with van der Waals surface area (Å²) in [5.74, 6) is 1.41. The van der Waals surface area contributed by atoms with Crippen LogP contribution in [0.1, 0.15) is 43.9 Å². The molecular formula is C29H39N5O4S. The van der Waals surface area contributed by atoms with Gasteiger partial charge in [-0.25, -0.2) is 0 Å². The van der Waals surface area contributed by atoms with E-state index in [0.717, 1.165) is 40.1 Å². The third-order valence-electron chi connectivity index (χ3n) is 6.29. The normalized spacial score (nSPS) is 11.7. The maximum Gasteiger partial charge on any atom is 0.237 e. The Balaban J connectivity index is 2.03. The molecule has 210 valence electrons. The fourth-order valence-electron chi connectivity index (χ4n) is 4.41. The lowest BCUT2D eigenvalue weighted by atomic mass is 10.0. The van der Waals surface area contributed by atoms with Crippen LogP contribution < -0.4 is 31.6 Å². The lowest BCUT2D eigenvalue weighted by Crippen LogP contribution is -2.40. The summed E-state index contributed by atoms with van der Waals surface area (Å²) >= 11 is 1.67. The van der Waals surface area contributed by atoms with Gasteiger partial charge in [-0.1, -0.05) is 19.1 Å². The summed E-state index contributed by atoms with van der Waals surface area (Å²) in [5, 5.41) is 7.31. The molecule has 3 aromatic rings. The van der Waals surface area contributed by atoms with Crippen molar-refractivity contribution in [2.75, 3.05) is 30.5 Å². The van der Waals surface area contributed by atoms with Gasteiger partial charge >= 0.3 is 0 Å². The number of carbonyl (C=O) groups is 2. The number of aromatic nitrogens is 1. The fraction of sp³-hybridized carbons (Fsp3) is 0.414. The van der Waals surface area contributed by atoms with E-state index in [-0.39, 0.29) is 12.3 Å². The average Bonchev–Trinajstić information content (AvgIpc) is 2.92. The highest BCUT2D eigenvalue weighted by atomic mass is 32.2. The van der Waals surface area contributed by atoms with Gasteiger partial charge in [0.25, 0.3) is 0 Å².